The van der Waals surface area contributed by atoms with Gasteiger partial charge in [-0.2, -0.15) is 0 Å². The van der Waals surface area contributed by atoms with Crippen molar-refractivity contribution in [3.63, 3.8) is 0 Å². The summed E-state index contributed by atoms with van der Waals surface area (Å²) in [7, 11) is 0. The van der Waals surface area contributed by atoms with Crippen LogP contribution in [0.1, 0.15) is 27.2 Å². The topological polar surface area (TPSA) is 77.1 Å². The van der Waals surface area contributed by atoms with E-state index in [2.05, 4.69) is 5.32 Å². The van der Waals surface area contributed by atoms with Crippen molar-refractivity contribution in [2.24, 2.45) is 0 Å². The summed E-state index contributed by atoms with van der Waals surface area (Å²) in [6, 6.07) is -0.502. The molecule has 1 N–H and O–H groups in total. The van der Waals surface area contributed by atoms with Crippen LogP contribution in [-0.4, -0.2) is 48.0 Å². The van der Waals surface area contributed by atoms with Crippen molar-refractivity contribution in [3.05, 3.63) is 47.9 Å². The zero-order valence-electron chi connectivity index (χ0n) is 15.3. The van der Waals surface area contributed by atoms with Crippen molar-refractivity contribution in [3.8, 4) is 0 Å². The molecule has 0 bridgehead atoms. The van der Waals surface area contributed by atoms with Gasteiger partial charge in [0.2, 0.25) is 0 Å². The molecule has 0 aromatic rings. The average molecular weight is 360 g/mol. The first-order valence-electron chi connectivity index (χ1n) is 8.75. The highest BCUT2D eigenvalue weighted by Crippen LogP contribution is 2.32. The first-order chi connectivity index (χ1) is 12.4. The molecule has 0 radical (unpaired) electrons. The maximum atomic E-state index is 12.0. The van der Waals surface area contributed by atoms with Crippen molar-refractivity contribution in [2.75, 3.05) is 19.7 Å². The van der Waals surface area contributed by atoms with E-state index in [1.807, 2.05) is 6.92 Å². The molecule has 0 amide bonds. The number of nitrogens with zero attached hydrogens (tertiary/aromatic N) is 1. The Kier molecular flexibility index (Phi) is 5.18. The number of nitrogens with one attached hydrogen (secondary N) is 1. The third-order valence-electron chi connectivity index (χ3n) is 4.49. The number of hydrogen-bond acceptors (Lipinski definition) is 7. The fourth-order valence-corrected chi connectivity index (χ4v) is 2.87. The van der Waals surface area contributed by atoms with Gasteiger partial charge >= 0.3 is 5.97 Å². The maximum absolute atomic E-state index is 12.0. The molecule has 0 aromatic carbocycles. The van der Waals surface area contributed by atoms with E-state index in [0.29, 0.717) is 23.7 Å². The molecule has 3 aliphatic rings. The summed E-state index contributed by atoms with van der Waals surface area (Å²) >= 11 is 0. The van der Waals surface area contributed by atoms with Gasteiger partial charge in [-0.05, 0) is 32.9 Å². The van der Waals surface area contributed by atoms with Gasteiger partial charge in [0, 0.05) is 37.5 Å². The predicted octanol–water partition coefficient (Wildman–Crippen LogP) is 1.74. The second-order valence-corrected chi connectivity index (χ2v) is 6.75. The molecule has 0 saturated carbocycles. The largest absolute Gasteiger partial charge is 0.484 e. The second-order valence-electron chi connectivity index (χ2n) is 6.75. The Morgan fingerprint density at radius 1 is 1.42 bits per heavy atom. The second kappa shape index (κ2) is 7.37. The van der Waals surface area contributed by atoms with Gasteiger partial charge in [0.25, 0.3) is 0 Å². The number of hydrogen-bond donors (Lipinski definition) is 1. The van der Waals surface area contributed by atoms with E-state index in [9.17, 15) is 9.59 Å². The minimum atomic E-state index is -0.502. The molecule has 1 fully saturated rings. The van der Waals surface area contributed by atoms with Crippen molar-refractivity contribution in [1.29, 1.82) is 0 Å². The molecule has 26 heavy (non-hydrogen) atoms. The van der Waals surface area contributed by atoms with Crippen LogP contribution >= 0.6 is 0 Å². The molecule has 1 atom stereocenters. The van der Waals surface area contributed by atoms with Crippen LogP contribution in [0.4, 0.5) is 0 Å². The molecular formula is C19H24N2O5. The Balaban J connectivity index is 1.85. The third kappa shape index (κ3) is 3.83. The van der Waals surface area contributed by atoms with Crippen molar-refractivity contribution < 1.29 is 23.8 Å². The smallest absolute Gasteiger partial charge is 0.328 e. The van der Waals surface area contributed by atoms with Crippen molar-refractivity contribution in [2.45, 2.75) is 38.8 Å². The molecule has 1 aliphatic carbocycles. The maximum Gasteiger partial charge on any atom is 0.328 e. The van der Waals surface area contributed by atoms with Crippen LogP contribution < -0.4 is 5.32 Å². The quantitative estimate of drug-likeness (QED) is 0.723. The molecule has 0 aromatic heterocycles. The van der Waals surface area contributed by atoms with Gasteiger partial charge in [-0.15, -0.1) is 0 Å². The monoisotopic (exact) mass is 360 g/mol. The Morgan fingerprint density at radius 3 is 2.85 bits per heavy atom. The summed E-state index contributed by atoms with van der Waals surface area (Å²) in [5.74, 6) is 0.771. The van der Waals surface area contributed by atoms with Crippen LogP contribution in [-0.2, 0) is 23.8 Å². The van der Waals surface area contributed by atoms with E-state index >= 15 is 0 Å². The molecule has 7 nitrogen and oxygen atoms in total. The van der Waals surface area contributed by atoms with Gasteiger partial charge in [-0.1, -0.05) is 0 Å². The van der Waals surface area contributed by atoms with Crippen molar-refractivity contribution >= 4 is 11.8 Å². The highest BCUT2D eigenvalue weighted by atomic mass is 16.5. The summed E-state index contributed by atoms with van der Waals surface area (Å²) in [5, 5.41) is 3.19. The molecule has 1 unspecified atom stereocenters. The van der Waals surface area contributed by atoms with Crippen LogP contribution in [0.5, 0.6) is 0 Å². The standard InChI is InChI=1S/C19H24N2O5/c1-4-24-18(23)13(2)21-7-8-25-17(10-21)15-9-14(22)5-6-16(15)26-19(3)11-20-12-19/h5-8,10,13,20H,4,9,11-12H2,1-3H3. The zero-order chi connectivity index (χ0) is 18.7. The summed E-state index contributed by atoms with van der Waals surface area (Å²) in [6.45, 7) is 7.35. The lowest BCUT2D eigenvalue weighted by Crippen LogP contribution is -2.58. The van der Waals surface area contributed by atoms with Gasteiger partial charge in [0.05, 0.1) is 6.61 Å². The number of rotatable bonds is 6. The predicted molar refractivity (Wildman–Crippen MR) is 94.4 cm³/mol. The molecule has 2 heterocycles. The molecule has 140 valence electrons. The van der Waals surface area contributed by atoms with Crippen LogP contribution in [0.15, 0.2) is 47.9 Å². The van der Waals surface area contributed by atoms with E-state index in [-0.39, 0.29) is 23.8 Å². The number of carbonyl (C=O) groups is 2. The summed E-state index contributed by atoms with van der Waals surface area (Å²) < 4.78 is 16.8. The third-order valence-corrected chi connectivity index (χ3v) is 4.49. The number of esters is 1. The summed E-state index contributed by atoms with van der Waals surface area (Å²) in [5.41, 5.74) is 0.380. The highest BCUT2D eigenvalue weighted by molar-refractivity contribution is 5.94. The van der Waals surface area contributed by atoms with Crippen LogP contribution in [0, 0.1) is 0 Å². The van der Waals surface area contributed by atoms with Crippen molar-refractivity contribution in [1.82, 2.24) is 10.2 Å². The number of allylic oxidation sites excluding steroid dienone is 3. The van der Waals surface area contributed by atoms with E-state index in [1.165, 1.54) is 12.3 Å². The Bertz CT molecular complexity index is 715. The van der Waals surface area contributed by atoms with Gasteiger partial charge < -0.3 is 24.4 Å². The Hall–Kier alpha value is -2.54. The Morgan fingerprint density at radius 2 is 2.19 bits per heavy atom. The van der Waals surface area contributed by atoms with Gasteiger partial charge in [0.1, 0.15) is 29.4 Å². The van der Waals surface area contributed by atoms with E-state index < -0.39 is 6.04 Å². The van der Waals surface area contributed by atoms with Gasteiger partial charge in [-0.3, -0.25) is 4.79 Å². The summed E-state index contributed by atoms with van der Waals surface area (Å²) in [6.07, 6.45) is 8.25. The van der Waals surface area contributed by atoms with Crippen LogP contribution in [0.3, 0.4) is 0 Å². The Labute approximate surface area is 153 Å². The lowest BCUT2D eigenvalue weighted by atomic mass is 9.97. The van der Waals surface area contributed by atoms with E-state index in [0.717, 1.165) is 13.1 Å². The number of ether oxygens (including phenoxy) is 3. The zero-order valence-corrected chi connectivity index (χ0v) is 15.3. The first-order valence-corrected chi connectivity index (χ1v) is 8.75. The number of carbonyl (C=O) groups excluding carboxylic acids is 2. The molecule has 0 spiro atoms. The fourth-order valence-electron chi connectivity index (χ4n) is 2.87. The SMILES string of the molecule is CCOC(=O)C(C)N1C=COC(C2=C(OC3(C)CNC3)C=CC(=O)C2)=C1. The lowest BCUT2D eigenvalue weighted by Gasteiger charge is -2.40. The van der Waals surface area contributed by atoms with Gasteiger partial charge in [-0.25, -0.2) is 4.79 Å². The molecule has 1 saturated heterocycles. The molecule has 2 aliphatic heterocycles. The fraction of sp³-hybridized carbons (Fsp3) is 0.474. The van der Waals surface area contributed by atoms with Crippen LogP contribution in [0.25, 0.3) is 0 Å². The van der Waals surface area contributed by atoms with E-state index in [4.69, 9.17) is 14.2 Å². The van der Waals surface area contributed by atoms with Gasteiger partial charge in [0.15, 0.2) is 5.78 Å². The molecular weight excluding hydrogens is 336 g/mol. The van der Waals surface area contributed by atoms with E-state index in [1.54, 1.807) is 37.2 Å². The first kappa shape index (κ1) is 18.3. The average Bonchev–Trinajstić information content (AvgIpc) is 2.61. The lowest BCUT2D eigenvalue weighted by molar-refractivity contribution is -0.147. The highest BCUT2D eigenvalue weighted by Gasteiger charge is 2.36. The molecule has 7 heteroatoms. The number of ketones is 1. The van der Waals surface area contributed by atoms with Crippen LogP contribution in [0.2, 0.25) is 0 Å². The minimum absolute atomic E-state index is 0.0201. The minimum Gasteiger partial charge on any atom is -0.484 e. The summed E-state index contributed by atoms with van der Waals surface area (Å²) in [4.78, 5) is 25.6. The normalized spacial score (nSPS) is 22.3. The molecule has 3 rings (SSSR count).